The molecule has 3 N–H and O–H groups in total. The Morgan fingerprint density at radius 3 is 2.35 bits per heavy atom. The number of thiophene rings is 1. The molecule has 20 heavy (non-hydrogen) atoms. The largest absolute Gasteiger partial charge is 0.507 e. The molecule has 8 heteroatoms. The molecule has 0 bridgehead atoms. The van der Waals surface area contributed by atoms with Crippen molar-refractivity contribution < 1.29 is 14.7 Å². The number of hydrazine groups is 1. The minimum Gasteiger partial charge on any atom is -0.507 e. The van der Waals surface area contributed by atoms with E-state index in [0.717, 1.165) is 3.79 Å². The molecule has 1 heterocycles. The van der Waals surface area contributed by atoms with E-state index in [0.29, 0.717) is 9.35 Å². The van der Waals surface area contributed by atoms with Crippen molar-refractivity contribution in [3.05, 3.63) is 49.0 Å². The Hall–Kier alpha value is -1.38. The first kappa shape index (κ1) is 15.0. The van der Waals surface area contributed by atoms with Gasteiger partial charge in [-0.15, -0.1) is 11.3 Å². The topological polar surface area (TPSA) is 78.4 Å². The van der Waals surface area contributed by atoms with Crippen LogP contribution in [-0.4, -0.2) is 16.9 Å². The molecule has 5 nitrogen and oxygen atoms in total. The number of nitrogens with one attached hydrogen (secondary N) is 2. The molecular formula is C12H8Br2N2O3S. The van der Waals surface area contributed by atoms with Gasteiger partial charge in [-0.25, -0.2) is 0 Å². The molecule has 0 radical (unpaired) electrons. The maximum atomic E-state index is 11.8. The maximum absolute atomic E-state index is 11.8. The Labute approximate surface area is 135 Å². The summed E-state index contributed by atoms with van der Waals surface area (Å²) >= 11 is 7.67. The number of aromatic hydroxyl groups is 1. The maximum Gasteiger partial charge on any atom is 0.279 e. The number of phenolic OH excluding ortho intramolecular Hbond substituents is 1. The van der Waals surface area contributed by atoms with Crippen molar-refractivity contribution in [2.45, 2.75) is 0 Å². The van der Waals surface area contributed by atoms with Gasteiger partial charge in [-0.3, -0.25) is 20.4 Å². The third kappa shape index (κ3) is 3.59. The van der Waals surface area contributed by atoms with E-state index in [1.54, 1.807) is 18.2 Å². The highest BCUT2D eigenvalue weighted by Gasteiger charge is 2.13. The fraction of sp³-hybridized carbons (Fsp3) is 0. The lowest BCUT2D eigenvalue weighted by Crippen LogP contribution is -2.41. The molecule has 2 rings (SSSR count). The van der Waals surface area contributed by atoms with Crippen molar-refractivity contribution >= 4 is 55.0 Å². The van der Waals surface area contributed by atoms with Crippen LogP contribution in [-0.2, 0) is 0 Å². The SMILES string of the molecule is O=C(NNC(=O)c1ccc(Br)cc1O)c1ccc(Br)s1. The van der Waals surface area contributed by atoms with Gasteiger partial charge in [0.25, 0.3) is 11.8 Å². The van der Waals surface area contributed by atoms with Gasteiger partial charge in [-0.05, 0) is 46.3 Å². The molecule has 2 amide bonds. The molecule has 1 aromatic heterocycles. The lowest BCUT2D eigenvalue weighted by Gasteiger charge is -2.07. The Morgan fingerprint density at radius 2 is 1.75 bits per heavy atom. The Kier molecular flexibility index (Phi) is 4.79. The first-order valence-electron chi connectivity index (χ1n) is 5.32. The van der Waals surface area contributed by atoms with Gasteiger partial charge in [0.05, 0.1) is 14.2 Å². The molecule has 0 aliphatic rings. The molecule has 0 atom stereocenters. The van der Waals surface area contributed by atoms with Crippen LogP contribution in [0.1, 0.15) is 20.0 Å². The predicted molar refractivity (Wildman–Crippen MR) is 82.8 cm³/mol. The molecular weight excluding hydrogens is 412 g/mol. The lowest BCUT2D eigenvalue weighted by molar-refractivity contribution is 0.0847. The monoisotopic (exact) mass is 418 g/mol. The summed E-state index contributed by atoms with van der Waals surface area (Å²) in [5, 5.41) is 9.64. The highest BCUT2D eigenvalue weighted by atomic mass is 79.9. The molecule has 104 valence electrons. The zero-order valence-electron chi connectivity index (χ0n) is 9.81. The Morgan fingerprint density at radius 1 is 1.05 bits per heavy atom. The first-order chi connectivity index (χ1) is 9.47. The van der Waals surface area contributed by atoms with Gasteiger partial charge < -0.3 is 5.11 Å². The second-order valence-corrected chi connectivity index (χ2v) is 7.05. The molecule has 0 aliphatic carbocycles. The van der Waals surface area contributed by atoms with Crippen molar-refractivity contribution in [2.24, 2.45) is 0 Å². The van der Waals surface area contributed by atoms with Crippen LogP contribution in [0.5, 0.6) is 5.75 Å². The standard InChI is InChI=1S/C12H8Br2N2O3S/c13-6-1-2-7(8(17)5-6)11(18)15-16-12(19)9-3-4-10(14)20-9/h1-5,17H,(H,15,18)(H,16,19). The van der Waals surface area contributed by atoms with E-state index in [4.69, 9.17) is 0 Å². The minimum absolute atomic E-state index is 0.0702. The smallest absolute Gasteiger partial charge is 0.279 e. The van der Waals surface area contributed by atoms with Gasteiger partial charge in [0.1, 0.15) is 5.75 Å². The Balaban J connectivity index is 2.00. The summed E-state index contributed by atoms with van der Waals surface area (Å²) in [5.41, 5.74) is 4.60. The van der Waals surface area contributed by atoms with Crippen LogP contribution in [0.15, 0.2) is 38.6 Å². The quantitative estimate of drug-likeness (QED) is 0.654. The van der Waals surface area contributed by atoms with Crippen molar-refractivity contribution in [1.82, 2.24) is 10.9 Å². The summed E-state index contributed by atoms with van der Waals surface area (Å²) in [5.74, 6) is -1.20. The van der Waals surface area contributed by atoms with E-state index in [9.17, 15) is 14.7 Å². The van der Waals surface area contributed by atoms with E-state index in [1.165, 1.54) is 23.5 Å². The Bertz CT molecular complexity index is 672. The summed E-state index contributed by atoms with van der Waals surface area (Å²) in [6, 6.07) is 7.83. The number of carbonyl (C=O) groups is 2. The summed E-state index contributed by atoms with van der Waals surface area (Å²) in [6.45, 7) is 0. The molecule has 0 unspecified atom stereocenters. The molecule has 0 spiro atoms. The number of halogens is 2. The van der Waals surface area contributed by atoms with Gasteiger partial charge >= 0.3 is 0 Å². The van der Waals surface area contributed by atoms with Crippen LogP contribution < -0.4 is 10.9 Å². The van der Waals surface area contributed by atoms with Crippen LogP contribution in [0.25, 0.3) is 0 Å². The van der Waals surface area contributed by atoms with Gasteiger partial charge in [0, 0.05) is 4.47 Å². The summed E-state index contributed by atoms with van der Waals surface area (Å²) < 4.78 is 1.47. The predicted octanol–water partition coefficient (Wildman–Crippen LogP) is 3.05. The number of hydrogen-bond donors (Lipinski definition) is 3. The molecule has 2 aromatic rings. The van der Waals surface area contributed by atoms with Crippen molar-refractivity contribution in [3.8, 4) is 5.75 Å². The number of carbonyl (C=O) groups excluding carboxylic acids is 2. The van der Waals surface area contributed by atoms with Crippen molar-refractivity contribution in [3.63, 3.8) is 0 Å². The molecule has 0 fully saturated rings. The van der Waals surface area contributed by atoms with Crippen molar-refractivity contribution in [1.29, 1.82) is 0 Å². The van der Waals surface area contributed by atoms with Crippen molar-refractivity contribution in [2.75, 3.05) is 0 Å². The summed E-state index contributed by atoms with van der Waals surface area (Å²) in [4.78, 5) is 24.0. The summed E-state index contributed by atoms with van der Waals surface area (Å²) in [6.07, 6.45) is 0. The van der Waals surface area contributed by atoms with Crippen LogP contribution in [0.4, 0.5) is 0 Å². The van der Waals surface area contributed by atoms with Crippen LogP contribution >= 0.6 is 43.2 Å². The zero-order chi connectivity index (χ0) is 14.7. The highest BCUT2D eigenvalue weighted by Crippen LogP contribution is 2.23. The average molecular weight is 420 g/mol. The van der Waals surface area contributed by atoms with Gasteiger partial charge in [0.2, 0.25) is 0 Å². The first-order valence-corrected chi connectivity index (χ1v) is 7.72. The van der Waals surface area contributed by atoms with Crippen LogP contribution in [0, 0.1) is 0 Å². The zero-order valence-corrected chi connectivity index (χ0v) is 13.8. The number of amides is 2. The second-order valence-electron chi connectivity index (χ2n) is 3.67. The molecule has 0 aliphatic heterocycles. The number of phenols is 1. The average Bonchev–Trinajstić information content (AvgIpc) is 2.82. The van der Waals surface area contributed by atoms with Gasteiger partial charge in [-0.1, -0.05) is 15.9 Å². The van der Waals surface area contributed by atoms with E-state index >= 15 is 0 Å². The van der Waals surface area contributed by atoms with Gasteiger partial charge in [0.15, 0.2) is 0 Å². The van der Waals surface area contributed by atoms with E-state index in [2.05, 4.69) is 42.7 Å². The number of hydrogen-bond acceptors (Lipinski definition) is 4. The van der Waals surface area contributed by atoms with Crippen LogP contribution in [0.2, 0.25) is 0 Å². The normalized spacial score (nSPS) is 10.1. The second kappa shape index (κ2) is 6.38. The fourth-order valence-electron chi connectivity index (χ4n) is 1.38. The van der Waals surface area contributed by atoms with E-state index < -0.39 is 11.8 Å². The van der Waals surface area contributed by atoms with E-state index in [1.807, 2.05) is 0 Å². The third-order valence-corrected chi connectivity index (χ3v) is 4.41. The molecule has 0 saturated heterocycles. The molecule has 1 aromatic carbocycles. The minimum atomic E-state index is -0.598. The summed E-state index contributed by atoms with van der Waals surface area (Å²) in [7, 11) is 0. The van der Waals surface area contributed by atoms with E-state index in [-0.39, 0.29) is 11.3 Å². The number of benzene rings is 1. The fourth-order valence-corrected chi connectivity index (χ4v) is 3.01. The van der Waals surface area contributed by atoms with Gasteiger partial charge in [-0.2, -0.15) is 0 Å². The lowest BCUT2D eigenvalue weighted by atomic mass is 10.2. The highest BCUT2D eigenvalue weighted by molar-refractivity contribution is 9.11. The molecule has 0 saturated carbocycles. The number of rotatable bonds is 2. The third-order valence-electron chi connectivity index (χ3n) is 2.29. The van der Waals surface area contributed by atoms with Crippen LogP contribution in [0.3, 0.4) is 0 Å².